The molecule has 2 aromatic carbocycles. The summed E-state index contributed by atoms with van der Waals surface area (Å²) < 4.78 is 40.8. The van der Waals surface area contributed by atoms with E-state index < -0.39 is 23.0 Å². The predicted octanol–water partition coefficient (Wildman–Crippen LogP) is 3.95. The van der Waals surface area contributed by atoms with Gasteiger partial charge in [-0.05, 0) is 43.2 Å². The van der Waals surface area contributed by atoms with Crippen molar-refractivity contribution in [2.45, 2.75) is 39.5 Å². The van der Waals surface area contributed by atoms with Gasteiger partial charge in [-0.25, -0.2) is 4.79 Å². The van der Waals surface area contributed by atoms with Crippen LogP contribution in [0.3, 0.4) is 0 Å². The molecule has 0 spiro atoms. The fourth-order valence-corrected chi connectivity index (χ4v) is 3.10. The summed E-state index contributed by atoms with van der Waals surface area (Å²) in [5.74, 6) is 0. The fraction of sp³-hybridized carbons (Fsp3) is 0.300. The molecule has 3 rings (SSSR count). The van der Waals surface area contributed by atoms with Gasteiger partial charge in [0.15, 0.2) is 0 Å². The van der Waals surface area contributed by atoms with Gasteiger partial charge in [-0.2, -0.15) is 13.2 Å². The molecule has 0 radical (unpaired) electrons. The normalized spacial score (nSPS) is 11.9. The van der Waals surface area contributed by atoms with Crippen LogP contribution in [0.5, 0.6) is 0 Å². The van der Waals surface area contributed by atoms with E-state index in [0.717, 1.165) is 22.3 Å². The summed E-state index contributed by atoms with van der Waals surface area (Å²) in [6.45, 7) is 4.15. The standard InChI is InChI=1S/C20H19F3N2O2/c1-3-10-24-17-9-4-13(2)11-16(17)18(26)25(19(24)27)12-14-5-7-15(8-6-14)20(21,22)23/h4-9,11H,3,10,12H2,1-2H3. The van der Waals surface area contributed by atoms with Gasteiger partial charge in [0.25, 0.3) is 5.56 Å². The molecule has 4 nitrogen and oxygen atoms in total. The van der Waals surface area contributed by atoms with Crippen LogP contribution in [-0.2, 0) is 19.3 Å². The summed E-state index contributed by atoms with van der Waals surface area (Å²) >= 11 is 0. The van der Waals surface area contributed by atoms with Crippen molar-refractivity contribution in [1.82, 2.24) is 9.13 Å². The van der Waals surface area contributed by atoms with Crippen molar-refractivity contribution in [2.75, 3.05) is 0 Å². The quantitative estimate of drug-likeness (QED) is 0.692. The second kappa shape index (κ2) is 7.06. The number of nitrogens with zero attached hydrogens (tertiary/aromatic N) is 2. The SMILES string of the molecule is CCCn1c(=O)n(Cc2ccc(C(F)(F)F)cc2)c(=O)c2cc(C)ccc21. The molecule has 0 saturated carbocycles. The highest BCUT2D eigenvalue weighted by Crippen LogP contribution is 2.29. The van der Waals surface area contributed by atoms with Gasteiger partial charge in [-0.15, -0.1) is 0 Å². The van der Waals surface area contributed by atoms with Gasteiger partial charge < -0.3 is 0 Å². The zero-order chi connectivity index (χ0) is 19.8. The third-order valence-corrected chi connectivity index (χ3v) is 4.45. The Morgan fingerprint density at radius 2 is 1.63 bits per heavy atom. The lowest BCUT2D eigenvalue weighted by Crippen LogP contribution is -2.40. The Balaban J connectivity index is 2.14. The highest BCUT2D eigenvalue weighted by atomic mass is 19.4. The molecule has 0 bridgehead atoms. The minimum atomic E-state index is -4.43. The summed E-state index contributed by atoms with van der Waals surface area (Å²) in [5.41, 5.74) is 0.251. The van der Waals surface area contributed by atoms with E-state index in [4.69, 9.17) is 0 Å². The number of halogens is 3. The number of aryl methyl sites for hydroxylation is 2. The number of hydrogen-bond donors (Lipinski definition) is 0. The van der Waals surface area contributed by atoms with Crippen LogP contribution in [-0.4, -0.2) is 9.13 Å². The first-order chi connectivity index (χ1) is 12.7. The average Bonchev–Trinajstić information content (AvgIpc) is 2.62. The summed E-state index contributed by atoms with van der Waals surface area (Å²) in [4.78, 5) is 25.7. The maximum atomic E-state index is 12.9. The van der Waals surface area contributed by atoms with Crippen molar-refractivity contribution in [3.63, 3.8) is 0 Å². The molecule has 0 fully saturated rings. The molecule has 0 aliphatic rings. The third-order valence-electron chi connectivity index (χ3n) is 4.45. The van der Waals surface area contributed by atoms with Gasteiger partial charge in [0.1, 0.15) is 0 Å². The average molecular weight is 376 g/mol. The highest BCUT2D eigenvalue weighted by molar-refractivity contribution is 5.78. The molecule has 1 aromatic heterocycles. The second-order valence-corrected chi connectivity index (χ2v) is 6.54. The van der Waals surface area contributed by atoms with E-state index in [1.54, 1.807) is 16.7 Å². The third kappa shape index (κ3) is 3.67. The van der Waals surface area contributed by atoms with Gasteiger partial charge in [-0.3, -0.25) is 13.9 Å². The van der Waals surface area contributed by atoms with Gasteiger partial charge >= 0.3 is 11.9 Å². The molecule has 7 heteroatoms. The first kappa shape index (κ1) is 18.9. The van der Waals surface area contributed by atoms with Crippen molar-refractivity contribution in [1.29, 1.82) is 0 Å². The molecule has 1 heterocycles. The summed E-state index contributed by atoms with van der Waals surface area (Å²) in [5, 5.41) is 0.426. The summed E-state index contributed by atoms with van der Waals surface area (Å²) in [6, 6.07) is 9.82. The van der Waals surface area contributed by atoms with Crippen molar-refractivity contribution < 1.29 is 13.2 Å². The number of aromatic nitrogens is 2. The summed E-state index contributed by atoms with van der Waals surface area (Å²) in [6.07, 6.45) is -3.72. The van der Waals surface area contributed by atoms with E-state index in [1.165, 1.54) is 12.1 Å². The maximum Gasteiger partial charge on any atom is 0.416 e. The van der Waals surface area contributed by atoms with Crippen molar-refractivity contribution in [3.05, 3.63) is 80.0 Å². The lowest BCUT2D eigenvalue weighted by Gasteiger charge is -2.14. The Morgan fingerprint density at radius 3 is 2.22 bits per heavy atom. The van der Waals surface area contributed by atoms with Crippen LogP contribution in [0.4, 0.5) is 13.2 Å². The monoisotopic (exact) mass is 376 g/mol. The minimum Gasteiger partial charge on any atom is -0.293 e. The Bertz CT molecular complexity index is 1090. The molecule has 3 aromatic rings. The molecule has 0 N–H and O–H groups in total. The number of alkyl halides is 3. The van der Waals surface area contributed by atoms with Crippen molar-refractivity contribution >= 4 is 10.9 Å². The van der Waals surface area contributed by atoms with Gasteiger partial charge in [-0.1, -0.05) is 30.7 Å². The van der Waals surface area contributed by atoms with Crippen LogP contribution in [0.2, 0.25) is 0 Å². The topological polar surface area (TPSA) is 44.0 Å². The van der Waals surface area contributed by atoms with Crippen LogP contribution in [0, 0.1) is 6.92 Å². The zero-order valence-electron chi connectivity index (χ0n) is 15.0. The lowest BCUT2D eigenvalue weighted by molar-refractivity contribution is -0.137. The molecule has 0 saturated heterocycles. The summed E-state index contributed by atoms with van der Waals surface area (Å²) in [7, 11) is 0. The molecular weight excluding hydrogens is 357 g/mol. The van der Waals surface area contributed by atoms with E-state index >= 15 is 0 Å². The van der Waals surface area contributed by atoms with E-state index in [1.807, 2.05) is 19.9 Å². The molecule has 0 atom stereocenters. The Morgan fingerprint density at radius 1 is 0.963 bits per heavy atom. The Kier molecular flexibility index (Phi) is 4.95. The first-order valence-corrected chi connectivity index (χ1v) is 8.62. The molecule has 0 aliphatic heterocycles. The van der Waals surface area contributed by atoms with Crippen LogP contribution in [0.15, 0.2) is 52.1 Å². The smallest absolute Gasteiger partial charge is 0.293 e. The van der Waals surface area contributed by atoms with Crippen LogP contribution < -0.4 is 11.2 Å². The van der Waals surface area contributed by atoms with E-state index in [0.29, 0.717) is 29.4 Å². The number of fused-ring (bicyclic) bond motifs is 1. The molecule has 0 aliphatic carbocycles. The minimum absolute atomic E-state index is 0.0800. The van der Waals surface area contributed by atoms with Crippen molar-refractivity contribution in [3.8, 4) is 0 Å². The first-order valence-electron chi connectivity index (χ1n) is 8.62. The number of benzene rings is 2. The van der Waals surface area contributed by atoms with Crippen LogP contribution in [0.1, 0.15) is 30.0 Å². The number of hydrogen-bond acceptors (Lipinski definition) is 2. The second-order valence-electron chi connectivity index (χ2n) is 6.54. The maximum absolute atomic E-state index is 12.9. The van der Waals surface area contributed by atoms with Gasteiger partial charge in [0, 0.05) is 6.54 Å². The molecule has 0 unspecified atom stereocenters. The largest absolute Gasteiger partial charge is 0.416 e. The molecular formula is C20H19F3N2O2. The van der Waals surface area contributed by atoms with E-state index in [2.05, 4.69) is 0 Å². The zero-order valence-corrected chi connectivity index (χ0v) is 15.0. The molecule has 0 amide bonds. The van der Waals surface area contributed by atoms with Gasteiger partial charge in [0.2, 0.25) is 0 Å². The lowest BCUT2D eigenvalue weighted by atomic mass is 10.1. The van der Waals surface area contributed by atoms with Crippen molar-refractivity contribution in [2.24, 2.45) is 0 Å². The van der Waals surface area contributed by atoms with Crippen LogP contribution >= 0.6 is 0 Å². The Hall–Kier alpha value is -2.83. The highest BCUT2D eigenvalue weighted by Gasteiger charge is 2.30. The number of rotatable bonds is 4. The van der Waals surface area contributed by atoms with Crippen LogP contribution in [0.25, 0.3) is 10.9 Å². The van der Waals surface area contributed by atoms with E-state index in [-0.39, 0.29) is 6.54 Å². The Labute approximate surface area is 153 Å². The fourth-order valence-electron chi connectivity index (χ4n) is 3.10. The molecule has 142 valence electrons. The molecule has 27 heavy (non-hydrogen) atoms. The predicted molar refractivity (Wildman–Crippen MR) is 98.0 cm³/mol. The van der Waals surface area contributed by atoms with Gasteiger partial charge in [0.05, 0.1) is 23.0 Å². The van der Waals surface area contributed by atoms with E-state index in [9.17, 15) is 22.8 Å².